The van der Waals surface area contributed by atoms with E-state index in [1.807, 2.05) is 6.92 Å². The van der Waals surface area contributed by atoms with Crippen molar-refractivity contribution >= 4 is 27.5 Å². The minimum absolute atomic E-state index is 0.00355. The van der Waals surface area contributed by atoms with Crippen molar-refractivity contribution in [3.05, 3.63) is 23.5 Å². The summed E-state index contributed by atoms with van der Waals surface area (Å²) in [6, 6.07) is 3.11. The molecular formula is C16H22F4N2O2S2. The first-order chi connectivity index (χ1) is 11.9. The molecule has 0 bridgehead atoms. The van der Waals surface area contributed by atoms with Gasteiger partial charge in [0.15, 0.2) is 0 Å². The summed E-state index contributed by atoms with van der Waals surface area (Å²) in [4.78, 5) is 2.51. The topological polar surface area (TPSA) is 40.6 Å². The second-order valence-corrected chi connectivity index (χ2v) is 9.60. The first-order valence-corrected chi connectivity index (χ1v) is 10.6. The molecule has 0 radical (unpaired) electrons. The second kappa shape index (κ2) is 7.93. The molecule has 0 aromatic heterocycles. The SMILES string of the molecule is Cc1cc(F)c(N2CCN(S(=O)(=O)C(F)(F)F)CC2)cc1SCC(C)C. The number of piperazine rings is 1. The zero-order valence-corrected chi connectivity index (χ0v) is 16.4. The minimum Gasteiger partial charge on any atom is -0.366 e. The van der Waals surface area contributed by atoms with Crippen molar-refractivity contribution in [3.63, 3.8) is 0 Å². The zero-order valence-electron chi connectivity index (χ0n) is 14.8. The monoisotopic (exact) mass is 414 g/mol. The molecule has 26 heavy (non-hydrogen) atoms. The van der Waals surface area contributed by atoms with Gasteiger partial charge in [-0.1, -0.05) is 13.8 Å². The third-order valence-electron chi connectivity index (χ3n) is 4.03. The normalized spacial score (nSPS) is 17.2. The van der Waals surface area contributed by atoms with Gasteiger partial charge < -0.3 is 4.90 Å². The lowest BCUT2D eigenvalue weighted by atomic mass is 10.2. The molecule has 0 saturated carbocycles. The molecular weight excluding hydrogens is 392 g/mol. The van der Waals surface area contributed by atoms with Gasteiger partial charge in [0, 0.05) is 36.8 Å². The van der Waals surface area contributed by atoms with Crippen LogP contribution in [0.25, 0.3) is 0 Å². The van der Waals surface area contributed by atoms with Crippen molar-refractivity contribution in [2.45, 2.75) is 31.2 Å². The molecule has 0 N–H and O–H groups in total. The highest BCUT2D eigenvalue weighted by atomic mass is 32.2. The molecule has 0 unspecified atom stereocenters. The standard InChI is InChI=1S/C16H22F4N2O2S2/c1-11(2)10-25-15-9-14(13(17)8-12(15)3)21-4-6-22(7-5-21)26(23,24)16(18,19)20/h8-9,11H,4-7,10H2,1-3H3. The van der Waals surface area contributed by atoms with E-state index < -0.39 is 21.3 Å². The number of benzene rings is 1. The van der Waals surface area contributed by atoms with Crippen LogP contribution in [0, 0.1) is 18.7 Å². The summed E-state index contributed by atoms with van der Waals surface area (Å²) in [6.07, 6.45) is 0. The quantitative estimate of drug-likeness (QED) is 0.542. The van der Waals surface area contributed by atoms with Crippen LogP contribution in [-0.2, 0) is 10.0 Å². The molecule has 1 aliphatic rings. The van der Waals surface area contributed by atoms with Gasteiger partial charge in [0.1, 0.15) is 5.82 Å². The Balaban J connectivity index is 2.15. The van der Waals surface area contributed by atoms with Crippen LogP contribution in [-0.4, -0.2) is 50.2 Å². The predicted molar refractivity (Wildman–Crippen MR) is 95.5 cm³/mol. The van der Waals surface area contributed by atoms with E-state index in [0.717, 1.165) is 16.2 Å². The maximum Gasteiger partial charge on any atom is 0.511 e. The van der Waals surface area contributed by atoms with Crippen molar-refractivity contribution in [2.75, 3.05) is 36.8 Å². The van der Waals surface area contributed by atoms with Gasteiger partial charge in [0.05, 0.1) is 5.69 Å². The average molecular weight is 414 g/mol. The number of anilines is 1. The molecule has 0 spiro atoms. The highest BCUT2D eigenvalue weighted by Gasteiger charge is 2.50. The van der Waals surface area contributed by atoms with Crippen LogP contribution in [0.4, 0.5) is 23.2 Å². The number of alkyl halides is 3. The average Bonchev–Trinajstić information content (AvgIpc) is 2.53. The highest BCUT2D eigenvalue weighted by molar-refractivity contribution is 7.99. The Morgan fingerprint density at radius 3 is 2.23 bits per heavy atom. The van der Waals surface area contributed by atoms with Crippen LogP contribution in [0.5, 0.6) is 0 Å². The van der Waals surface area contributed by atoms with Gasteiger partial charge in [0.2, 0.25) is 0 Å². The van der Waals surface area contributed by atoms with Crippen molar-refractivity contribution in [2.24, 2.45) is 5.92 Å². The van der Waals surface area contributed by atoms with Gasteiger partial charge in [-0.3, -0.25) is 0 Å². The predicted octanol–water partition coefficient (Wildman–Crippen LogP) is 3.85. The number of nitrogens with zero attached hydrogens (tertiary/aromatic N) is 2. The van der Waals surface area contributed by atoms with E-state index in [1.165, 1.54) is 6.07 Å². The maximum atomic E-state index is 14.4. The van der Waals surface area contributed by atoms with Crippen molar-refractivity contribution < 1.29 is 26.0 Å². The Kier molecular flexibility index (Phi) is 6.50. The molecule has 0 atom stereocenters. The van der Waals surface area contributed by atoms with Crippen molar-refractivity contribution in [1.29, 1.82) is 0 Å². The Labute approximate surface area is 155 Å². The zero-order chi connectivity index (χ0) is 19.7. The van der Waals surface area contributed by atoms with E-state index >= 15 is 0 Å². The molecule has 2 rings (SSSR count). The summed E-state index contributed by atoms with van der Waals surface area (Å²) in [5.41, 5.74) is -4.22. The number of aryl methyl sites for hydroxylation is 1. The Morgan fingerprint density at radius 1 is 1.15 bits per heavy atom. The number of hydrogen-bond donors (Lipinski definition) is 0. The molecule has 0 aliphatic carbocycles. The van der Waals surface area contributed by atoms with Crippen LogP contribution in [0.1, 0.15) is 19.4 Å². The van der Waals surface area contributed by atoms with Crippen molar-refractivity contribution in [1.82, 2.24) is 4.31 Å². The lowest BCUT2D eigenvalue weighted by Crippen LogP contribution is -2.52. The molecule has 1 aliphatic heterocycles. The van der Waals surface area contributed by atoms with Crippen LogP contribution in [0.2, 0.25) is 0 Å². The molecule has 1 fully saturated rings. The fraction of sp³-hybridized carbons (Fsp3) is 0.625. The largest absolute Gasteiger partial charge is 0.511 e. The number of rotatable bonds is 5. The van der Waals surface area contributed by atoms with Gasteiger partial charge in [0.25, 0.3) is 0 Å². The van der Waals surface area contributed by atoms with E-state index in [-0.39, 0.29) is 26.2 Å². The molecule has 1 heterocycles. The van der Waals surface area contributed by atoms with Gasteiger partial charge in [-0.2, -0.15) is 17.5 Å². The number of sulfonamides is 1. The first kappa shape index (κ1) is 21.3. The number of hydrogen-bond acceptors (Lipinski definition) is 4. The molecule has 10 heteroatoms. The summed E-state index contributed by atoms with van der Waals surface area (Å²) in [5, 5.41) is 0. The molecule has 1 aromatic rings. The van der Waals surface area contributed by atoms with E-state index in [9.17, 15) is 26.0 Å². The smallest absolute Gasteiger partial charge is 0.366 e. The van der Waals surface area contributed by atoms with Crippen LogP contribution >= 0.6 is 11.8 Å². The molecule has 148 valence electrons. The maximum absolute atomic E-state index is 14.4. The Bertz CT molecular complexity index is 743. The first-order valence-electron chi connectivity index (χ1n) is 8.17. The lowest BCUT2D eigenvalue weighted by molar-refractivity contribution is -0.0490. The summed E-state index contributed by atoms with van der Waals surface area (Å²) in [6.45, 7) is 5.31. The Morgan fingerprint density at radius 2 is 1.73 bits per heavy atom. The molecule has 0 amide bonds. The van der Waals surface area contributed by atoms with Gasteiger partial charge in [-0.25, -0.2) is 12.8 Å². The molecule has 4 nitrogen and oxygen atoms in total. The number of thioether (sulfide) groups is 1. The van der Waals surface area contributed by atoms with E-state index in [4.69, 9.17) is 0 Å². The fourth-order valence-electron chi connectivity index (χ4n) is 2.61. The Hall–Kier alpha value is -1.00. The third-order valence-corrected chi connectivity index (χ3v) is 7.24. The summed E-state index contributed by atoms with van der Waals surface area (Å²) < 4.78 is 75.6. The number of halogens is 4. The van der Waals surface area contributed by atoms with E-state index in [0.29, 0.717) is 15.9 Å². The second-order valence-electron chi connectivity index (χ2n) is 6.61. The molecule has 1 saturated heterocycles. The van der Waals surface area contributed by atoms with Gasteiger partial charge in [-0.15, -0.1) is 11.8 Å². The van der Waals surface area contributed by atoms with Gasteiger partial charge >= 0.3 is 15.5 Å². The van der Waals surface area contributed by atoms with Crippen LogP contribution < -0.4 is 4.90 Å². The van der Waals surface area contributed by atoms with Crippen molar-refractivity contribution in [3.8, 4) is 0 Å². The summed E-state index contributed by atoms with van der Waals surface area (Å²) >= 11 is 1.60. The highest BCUT2D eigenvalue weighted by Crippen LogP contribution is 2.33. The summed E-state index contributed by atoms with van der Waals surface area (Å²) in [5.74, 6) is 0.872. The van der Waals surface area contributed by atoms with Crippen LogP contribution in [0.15, 0.2) is 17.0 Å². The third kappa shape index (κ3) is 4.64. The fourth-order valence-corrected chi connectivity index (χ4v) is 4.54. The lowest BCUT2D eigenvalue weighted by Gasteiger charge is -2.35. The van der Waals surface area contributed by atoms with Crippen LogP contribution in [0.3, 0.4) is 0 Å². The minimum atomic E-state index is -5.34. The van der Waals surface area contributed by atoms with E-state index in [2.05, 4.69) is 13.8 Å². The summed E-state index contributed by atoms with van der Waals surface area (Å²) in [7, 11) is -5.34. The molecule has 1 aromatic carbocycles. The van der Waals surface area contributed by atoms with Gasteiger partial charge in [-0.05, 0) is 30.5 Å². The van der Waals surface area contributed by atoms with E-state index in [1.54, 1.807) is 22.7 Å².